The van der Waals surface area contributed by atoms with Crippen LogP contribution in [0, 0.1) is 6.92 Å². The van der Waals surface area contributed by atoms with Crippen molar-refractivity contribution in [1.82, 2.24) is 15.0 Å². The van der Waals surface area contributed by atoms with Crippen LogP contribution in [0.15, 0.2) is 71.1 Å². The Bertz CT molecular complexity index is 1300. The van der Waals surface area contributed by atoms with Gasteiger partial charge in [0, 0.05) is 21.9 Å². The van der Waals surface area contributed by atoms with Crippen molar-refractivity contribution in [3.63, 3.8) is 0 Å². The van der Waals surface area contributed by atoms with Gasteiger partial charge in [0.25, 0.3) is 0 Å². The van der Waals surface area contributed by atoms with Crippen LogP contribution >= 0.6 is 11.6 Å². The van der Waals surface area contributed by atoms with Gasteiger partial charge in [-0.05, 0) is 42.3 Å². The summed E-state index contributed by atoms with van der Waals surface area (Å²) in [6.07, 6.45) is 0. The predicted molar refractivity (Wildman–Crippen MR) is 108 cm³/mol. The Morgan fingerprint density at radius 3 is 2.37 bits per heavy atom. The Labute approximate surface area is 160 Å². The minimum atomic E-state index is 0.168. The molecule has 5 rings (SSSR count). The van der Waals surface area contributed by atoms with Crippen molar-refractivity contribution in [3.8, 4) is 22.8 Å². The molecule has 0 fully saturated rings. The third-order valence-electron chi connectivity index (χ3n) is 4.50. The summed E-state index contributed by atoms with van der Waals surface area (Å²) in [5, 5.41) is 2.18. The van der Waals surface area contributed by atoms with Crippen LogP contribution in [-0.2, 0) is 0 Å². The number of rotatable bonds is 2. The van der Waals surface area contributed by atoms with Crippen LogP contribution in [0.3, 0.4) is 0 Å². The van der Waals surface area contributed by atoms with Gasteiger partial charge in [-0.15, -0.1) is 0 Å². The van der Waals surface area contributed by atoms with Gasteiger partial charge < -0.3 is 4.42 Å². The first-order valence-electron chi connectivity index (χ1n) is 8.58. The molecule has 0 saturated heterocycles. The number of aromatic nitrogens is 3. The molecule has 0 saturated carbocycles. The first-order valence-corrected chi connectivity index (χ1v) is 8.96. The number of hydrogen-bond acceptors (Lipinski definition) is 4. The lowest BCUT2D eigenvalue weighted by atomic mass is 10.0. The van der Waals surface area contributed by atoms with Crippen LogP contribution < -0.4 is 0 Å². The molecule has 5 heteroatoms. The molecule has 0 aliphatic carbocycles. The third-order valence-corrected chi connectivity index (χ3v) is 4.67. The average Bonchev–Trinajstić information content (AvgIpc) is 3.05. The second kappa shape index (κ2) is 6.18. The van der Waals surface area contributed by atoms with E-state index in [-0.39, 0.29) is 5.28 Å². The molecule has 0 atom stereocenters. The van der Waals surface area contributed by atoms with Crippen LogP contribution in [0.25, 0.3) is 44.7 Å². The lowest BCUT2D eigenvalue weighted by molar-refractivity contribution is 0.668. The van der Waals surface area contributed by atoms with E-state index in [1.165, 1.54) is 0 Å². The summed E-state index contributed by atoms with van der Waals surface area (Å²) in [6.45, 7) is 2.02. The van der Waals surface area contributed by atoms with Crippen LogP contribution in [0.5, 0.6) is 0 Å². The number of aryl methyl sites for hydroxylation is 1. The molecule has 27 heavy (non-hydrogen) atoms. The molecule has 0 amide bonds. The highest BCUT2D eigenvalue weighted by Crippen LogP contribution is 2.36. The van der Waals surface area contributed by atoms with E-state index in [1.54, 1.807) is 0 Å². The van der Waals surface area contributed by atoms with Gasteiger partial charge in [0.2, 0.25) is 5.28 Å². The highest BCUT2D eigenvalue weighted by Gasteiger charge is 2.17. The maximum atomic E-state index is 6.25. The molecule has 0 bridgehead atoms. The number of halogens is 1. The van der Waals surface area contributed by atoms with Crippen LogP contribution in [0.1, 0.15) is 5.56 Å². The Kier molecular flexibility index (Phi) is 3.66. The van der Waals surface area contributed by atoms with E-state index in [0.717, 1.165) is 38.6 Å². The van der Waals surface area contributed by atoms with Gasteiger partial charge in [-0.2, -0.15) is 9.97 Å². The molecule has 2 aromatic heterocycles. The first kappa shape index (κ1) is 16.0. The summed E-state index contributed by atoms with van der Waals surface area (Å²) >= 11 is 6.25. The maximum absolute atomic E-state index is 6.25. The van der Waals surface area contributed by atoms with E-state index in [9.17, 15) is 0 Å². The quantitative estimate of drug-likeness (QED) is 0.378. The Morgan fingerprint density at radius 1 is 0.778 bits per heavy atom. The van der Waals surface area contributed by atoms with Gasteiger partial charge in [0.15, 0.2) is 11.6 Å². The molecule has 0 radical (unpaired) electrons. The second-order valence-electron chi connectivity index (χ2n) is 6.40. The molecule has 4 nitrogen and oxygen atoms in total. The van der Waals surface area contributed by atoms with Crippen molar-refractivity contribution in [2.24, 2.45) is 0 Å². The number of benzene rings is 3. The topological polar surface area (TPSA) is 51.8 Å². The number of para-hydroxylation sites is 1. The van der Waals surface area contributed by atoms with Gasteiger partial charge in [-0.1, -0.05) is 48.5 Å². The van der Waals surface area contributed by atoms with Crippen molar-refractivity contribution < 1.29 is 4.42 Å². The van der Waals surface area contributed by atoms with Crippen LogP contribution in [0.4, 0.5) is 0 Å². The molecular weight excluding hydrogens is 358 g/mol. The number of furan rings is 1. The number of fused-ring (bicyclic) bond motifs is 3. The summed E-state index contributed by atoms with van der Waals surface area (Å²) in [5.41, 5.74) is 4.49. The van der Waals surface area contributed by atoms with Crippen molar-refractivity contribution in [1.29, 1.82) is 0 Å². The van der Waals surface area contributed by atoms with Gasteiger partial charge in [0.1, 0.15) is 11.2 Å². The summed E-state index contributed by atoms with van der Waals surface area (Å²) in [7, 11) is 0. The van der Waals surface area contributed by atoms with E-state index in [2.05, 4.69) is 16.0 Å². The molecule has 0 N–H and O–H groups in total. The fraction of sp³-hybridized carbons (Fsp3) is 0.0455. The Hall–Kier alpha value is -3.24. The van der Waals surface area contributed by atoms with E-state index in [4.69, 9.17) is 21.0 Å². The monoisotopic (exact) mass is 371 g/mol. The number of nitrogens with zero attached hydrogens (tertiary/aromatic N) is 3. The van der Waals surface area contributed by atoms with Crippen molar-refractivity contribution in [2.75, 3.05) is 0 Å². The first-order chi connectivity index (χ1) is 13.2. The van der Waals surface area contributed by atoms with E-state index in [0.29, 0.717) is 11.6 Å². The zero-order valence-electron chi connectivity index (χ0n) is 14.5. The zero-order valence-corrected chi connectivity index (χ0v) is 15.2. The molecular formula is C22H14ClN3O. The van der Waals surface area contributed by atoms with Gasteiger partial charge >= 0.3 is 0 Å². The smallest absolute Gasteiger partial charge is 0.226 e. The van der Waals surface area contributed by atoms with Gasteiger partial charge in [0.05, 0.1) is 0 Å². The summed E-state index contributed by atoms with van der Waals surface area (Å²) in [6, 6.07) is 21.8. The average molecular weight is 372 g/mol. The standard InChI is InChI=1S/C22H14ClN3O/c1-13-11-16(19-15-9-5-6-10-17(15)27-18(19)12-13)21-24-20(25-22(23)26-21)14-7-3-2-4-8-14/h2-12H,1H3. The highest BCUT2D eigenvalue weighted by molar-refractivity contribution is 6.28. The minimum absolute atomic E-state index is 0.168. The normalized spacial score (nSPS) is 11.3. The lowest BCUT2D eigenvalue weighted by Gasteiger charge is -2.07. The summed E-state index contributed by atoms with van der Waals surface area (Å²) in [4.78, 5) is 13.4. The largest absolute Gasteiger partial charge is 0.456 e. The van der Waals surface area contributed by atoms with Crippen LogP contribution in [-0.4, -0.2) is 15.0 Å². The lowest BCUT2D eigenvalue weighted by Crippen LogP contribution is -1.97. The van der Waals surface area contributed by atoms with Crippen molar-refractivity contribution in [3.05, 3.63) is 77.6 Å². The molecule has 3 aromatic carbocycles. The van der Waals surface area contributed by atoms with Crippen molar-refractivity contribution in [2.45, 2.75) is 6.92 Å². The zero-order chi connectivity index (χ0) is 18.4. The summed E-state index contributed by atoms with van der Waals surface area (Å²) < 4.78 is 6.04. The predicted octanol–water partition coefficient (Wildman–Crippen LogP) is 6.07. The molecule has 2 heterocycles. The number of hydrogen-bond donors (Lipinski definition) is 0. The van der Waals surface area contributed by atoms with E-state index >= 15 is 0 Å². The molecule has 0 aliphatic heterocycles. The van der Waals surface area contributed by atoms with Gasteiger partial charge in [-0.25, -0.2) is 4.98 Å². The van der Waals surface area contributed by atoms with E-state index < -0.39 is 0 Å². The second-order valence-corrected chi connectivity index (χ2v) is 6.74. The van der Waals surface area contributed by atoms with Crippen molar-refractivity contribution >= 4 is 33.5 Å². The Morgan fingerprint density at radius 2 is 1.52 bits per heavy atom. The Balaban J connectivity index is 1.82. The molecule has 5 aromatic rings. The molecule has 0 aliphatic rings. The van der Waals surface area contributed by atoms with E-state index in [1.807, 2.05) is 67.6 Å². The fourth-order valence-corrected chi connectivity index (χ4v) is 3.52. The highest BCUT2D eigenvalue weighted by atomic mass is 35.5. The third kappa shape index (κ3) is 2.75. The SMILES string of the molecule is Cc1cc(-c2nc(Cl)nc(-c3ccccc3)n2)c2c(c1)oc1ccccc12. The van der Waals surface area contributed by atoms with Gasteiger partial charge in [-0.3, -0.25) is 0 Å². The van der Waals surface area contributed by atoms with Crippen LogP contribution in [0.2, 0.25) is 5.28 Å². The minimum Gasteiger partial charge on any atom is -0.456 e. The molecule has 130 valence electrons. The molecule has 0 unspecified atom stereocenters. The summed E-state index contributed by atoms with van der Waals surface area (Å²) in [5.74, 6) is 1.09. The fourth-order valence-electron chi connectivity index (χ4n) is 3.36. The molecule has 0 spiro atoms. The maximum Gasteiger partial charge on any atom is 0.226 e.